The van der Waals surface area contributed by atoms with Crippen LogP contribution in [0.25, 0.3) is 0 Å². The summed E-state index contributed by atoms with van der Waals surface area (Å²) in [5.41, 5.74) is 1.35. The van der Waals surface area contributed by atoms with Gasteiger partial charge in [0.05, 0.1) is 7.11 Å². The molecule has 0 unspecified atom stereocenters. The second-order valence-corrected chi connectivity index (χ2v) is 4.07. The van der Waals surface area contributed by atoms with Crippen molar-refractivity contribution in [1.29, 1.82) is 0 Å². The molecule has 0 heterocycles. The third-order valence-electron chi connectivity index (χ3n) is 2.90. The van der Waals surface area contributed by atoms with Gasteiger partial charge in [0.25, 0.3) is 0 Å². The first-order valence-electron chi connectivity index (χ1n) is 5.77. The summed E-state index contributed by atoms with van der Waals surface area (Å²) in [6, 6.07) is 16.1. The van der Waals surface area contributed by atoms with E-state index in [-0.39, 0.29) is 0 Å². The van der Waals surface area contributed by atoms with Crippen LogP contribution in [0.15, 0.2) is 54.6 Å². The van der Waals surface area contributed by atoms with Crippen LogP contribution in [0, 0.1) is 0 Å². The highest BCUT2D eigenvalue weighted by molar-refractivity contribution is 5.30. The van der Waals surface area contributed by atoms with E-state index in [0.29, 0.717) is 11.1 Å². The number of ether oxygens (including phenoxy) is 1. The fourth-order valence-electron chi connectivity index (χ4n) is 1.82. The van der Waals surface area contributed by atoms with Crippen LogP contribution in [-0.4, -0.2) is 17.3 Å². The van der Waals surface area contributed by atoms with Crippen molar-refractivity contribution in [3.63, 3.8) is 0 Å². The third-order valence-corrected chi connectivity index (χ3v) is 2.90. The Morgan fingerprint density at radius 1 is 0.778 bits per heavy atom. The molecule has 0 aliphatic rings. The summed E-state index contributed by atoms with van der Waals surface area (Å²) < 4.78 is 5.05. The lowest BCUT2D eigenvalue weighted by atomic mass is 9.98. The Labute approximate surface area is 106 Å². The summed E-state index contributed by atoms with van der Waals surface area (Å²) in [6.45, 7) is 0. The molecule has 0 amide bonds. The van der Waals surface area contributed by atoms with E-state index in [1.54, 1.807) is 43.5 Å². The molecule has 2 aromatic carbocycles. The van der Waals surface area contributed by atoms with E-state index in [1.165, 1.54) is 0 Å². The third kappa shape index (κ3) is 2.70. The van der Waals surface area contributed by atoms with Crippen molar-refractivity contribution in [3.8, 4) is 5.75 Å². The first kappa shape index (κ1) is 12.6. The minimum atomic E-state index is -0.946. The van der Waals surface area contributed by atoms with E-state index < -0.39 is 12.2 Å². The molecular formula is C15H16O3. The molecule has 94 valence electrons. The highest BCUT2D eigenvalue weighted by Crippen LogP contribution is 2.29. The minimum Gasteiger partial charge on any atom is -0.497 e. The zero-order valence-corrected chi connectivity index (χ0v) is 10.2. The summed E-state index contributed by atoms with van der Waals surface area (Å²) in [5.74, 6) is 0.722. The van der Waals surface area contributed by atoms with Crippen LogP contribution < -0.4 is 4.74 Å². The van der Waals surface area contributed by atoms with E-state index >= 15 is 0 Å². The van der Waals surface area contributed by atoms with Gasteiger partial charge in [0.1, 0.15) is 18.0 Å². The smallest absolute Gasteiger partial charge is 0.118 e. The lowest BCUT2D eigenvalue weighted by Gasteiger charge is -2.18. The van der Waals surface area contributed by atoms with Crippen molar-refractivity contribution < 1.29 is 14.9 Å². The molecule has 0 aromatic heterocycles. The van der Waals surface area contributed by atoms with Gasteiger partial charge in [-0.1, -0.05) is 42.5 Å². The number of aliphatic hydroxyl groups is 2. The number of hydrogen-bond acceptors (Lipinski definition) is 3. The molecule has 0 fully saturated rings. The van der Waals surface area contributed by atoms with Crippen LogP contribution in [0.4, 0.5) is 0 Å². The second-order valence-electron chi connectivity index (χ2n) is 4.07. The summed E-state index contributed by atoms with van der Waals surface area (Å²) in [4.78, 5) is 0. The highest BCUT2D eigenvalue weighted by Gasteiger charge is 2.19. The van der Waals surface area contributed by atoms with E-state index in [0.717, 1.165) is 5.75 Å². The molecular weight excluding hydrogens is 228 g/mol. The zero-order valence-electron chi connectivity index (χ0n) is 10.2. The second kappa shape index (κ2) is 5.67. The van der Waals surface area contributed by atoms with E-state index in [1.807, 2.05) is 18.2 Å². The van der Waals surface area contributed by atoms with E-state index in [9.17, 15) is 10.2 Å². The minimum absolute atomic E-state index is 0.659. The fourth-order valence-corrected chi connectivity index (χ4v) is 1.82. The largest absolute Gasteiger partial charge is 0.497 e. The Morgan fingerprint density at radius 2 is 1.28 bits per heavy atom. The average molecular weight is 244 g/mol. The van der Waals surface area contributed by atoms with Gasteiger partial charge in [-0.25, -0.2) is 0 Å². The lowest BCUT2D eigenvalue weighted by Crippen LogP contribution is -2.10. The van der Waals surface area contributed by atoms with Gasteiger partial charge in [-0.3, -0.25) is 0 Å². The Morgan fingerprint density at radius 3 is 1.78 bits per heavy atom. The van der Waals surface area contributed by atoms with Gasteiger partial charge < -0.3 is 14.9 Å². The summed E-state index contributed by atoms with van der Waals surface area (Å²) in [6.07, 6.45) is -1.88. The maximum atomic E-state index is 10.1. The van der Waals surface area contributed by atoms with Crippen molar-refractivity contribution in [3.05, 3.63) is 65.7 Å². The predicted molar refractivity (Wildman–Crippen MR) is 69.4 cm³/mol. The standard InChI is InChI=1S/C15H16O3/c1-18-13-9-7-12(8-10-13)15(17)14(16)11-5-3-2-4-6-11/h2-10,14-17H,1H3/t14-,15+/m1/s1. The van der Waals surface area contributed by atoms with Crippen LogP contribution in [0.5, 0.6) is 5.75 Å². The van der Waals surface area contributed by atoms with Crippen LogP contribution in [0.2, 0.25) is 0 Å². The Bertz CT molecular complexity index is 479. The SMILES string of the molecule is COc1ccc([C@H](O)[C@H](O)c2ccccc2)cc1. The lowest BCUT2D eigenvalue weighted by molar-refractivity contribution is 0.0172. The quantitative estimate of drug-likeness (QED) is 0.868. The number of hydrogen-bond donors (Lipinski definition) is 2. The van der Waals surface area contributed by atoms with Gasteiger partial charge in [0.2, 0.25) is 0 Å². The molecule has 0 aliphatic carbocycles. The van der Waals surface area contributed by atoms with Crippen LogP contribution in [-0.2, 0) is 0 Å². The molecule has 0 aliphatic heterocycles. The van der Waals surface area contributed by atoms with Gasteiger partial charge in [0.15, 0.2) is 0 Å². The van der Waals surface area contributed by atoms with Gasteiger partial charge in [-0.15, -0.1) is 0 Å². The molecule has 0 saturated carbocycles. The van der Waals surface area contributed by atoms with Crippen molar-refractivity contribution in [2.75, 3.05) is 7.11 Å². The topological polar surface area (TPSA) is 49.7 Å². The monoisotopic (exact) mass is 244 g/mol. The van der Waals surface area contributed by atoms with Crippen molar-refractivity contribution in [2.45, 2.75) is 12.2 Å². The van der Waals surface area contributed by atoms with Crippen LogP contribution >= 0.6 is 0 Å². The molecule has 2 atom stereocenters. The highest BCUT2D eigenvalue weighted by atomic mass is 16.5. The first-order chi connectivity index (χ1) is 8.72. The van der Waals surface area contributed by atoms with Crippen LogP contribution in [0.3, 0.4) is 0 Å². The molecule has 2 rings (SSSR count). The molecule has 0 saturated heterocycles. The molecule has 18 heavy (non-hydrogen) atoms. The number of rotatable bonds is 4. The molecule has 3 heteroatoms. The maximum absolute atomic E-state index is 10.1. The molecule has 0 spiro atoms. The normalized spacial score (nSPS) is 13.9. The van der Waals surface area contributed by atoms with E-state index in [4.69, 9.17) is 4.74 Å². The Hall–Kier alpha value is -1.84. The molecule has 0 bridgehead atoms. The van der Waals surface area contributed by atoms with Crippen LogP contribution in [0.1, 0.15) is 23.3 Å². The summed E-state index contributed by atoms with van der Waals surface area (Å²) >= 11 is 0. The first-order valence-corrected chi connectivity index (χ1v) is 5.77. The molecule has 0 radical (unpaired) electrons. The van der Waals surface area contributed by atoms with E-state index in [2.05, 4.69) is 0 Å². The zero-order chi connectivity index (χ0) is 13.0. The van der Waals surface area contributed by atoms with Gasteiger partial charge >= 0.3 is 0 Å². The van der Waals surface area contributed by atoms with Crippen molar-refractivity contribution >= 4 is 0 Å². The summed E-state index contributed by atoms with van der Waals surface area (Å²) in [5, 5.41) is 20.2. The number of benzene rings is 2. The van der Waals surface area contributed by atoms with Gasteiger partial charge in [0, 0.05) is 0 Å². The molecule has 2 N–H and O–H groups in total. The number of aliphatic hydroxyl groups excluding tert-OH is 2. The fraction of sp³-hybridized carbons (Fsp3) is 0.200. The number of methoxy groups -OCH3 is 1. The molecule has 3 nitrogen and oxygen atoms in total. The Balaban J connectivity index is 2.17. The van der Waals surface area contributed by atoms with Gasteiger partial charge in [-0.2, -0.15) is 0 Å². The molecule has 2 aromatic rings. The predicted octanol–water partition coefficient (Wildman–Crippen LogP) is 2.46. The van der Waals surface area contributed by atoms with Gasteiger partial charge in [-0.05, 0) is 23.3 Å². The summed E-state index contributed by atoms with van der Waals surface area (Å²) in [7, 11) is 1.59. The average Bonchev–Trinajstić information content (AvgIpc) is 2.47. The Kier molecular flexibility index (Phi) is 3.97. The van der Waals surface area contributed by atoms with Crippen molar-refractivity contribution in [2.24, 2.45) is 0 Å². The van der Waals surface area contributed by atoms with Crippen molar-refractivity contribution in [1.82, 2.24) is 0 Å². The maximum Gasteiger partial charge on any atom is 0.118 e.